The van der Waals surface area contributed by atoms with Crippen molar-refractivity contribution in [1.82, 2.24) is 4.98 Å². The van der Waals surface area contributed by atoms with Crippen LogP contribution < -0.4 is 9.64 Å². The van der Waals surface area contributed by atoms with E-state index in [4.69, 9.17) is 4.74 Å². The number of hydrogen-bond acceptors (Lipinski definition) is 6. The normalized spacial score (nSPS) is 18.1. The summed E-state index contributed by atoms with van der Waals surface area (Å²) in [4.78, 5) is 32.9. The lowest BCUT2D eigenvalue weighted by molar-refractivity contribution is -0.132. The zero-order chi connectivity index (χ0) is 21.4. The molecule has 1 fully saturated rings. The number of aryl methyl sites for hydroxylation is 2. The summed E-state index contributed by atoms with van der Waals surface area (Å²) in [6.07, 6.45) is 0. The Hall–Kier alpha value is -3.45. The summed E-state index contributed by atoms with van der Waals surface area (Å²) >= 11 is 1.35. The first-order valence-corrected chi connectivity index (χ1v) is 10.2. The van der Waals surface area contributed by atoms with Gasteiger partial charge in [-0.15, -0.1) is 11.3 Å². The number of benzene rings is 2. The molecule has 0 bridgehead atoms. The number of aliphatic hydroxyl groups is 1. The number of carbonyl (C=O) groups is 2. The Bertz CT molecular complexity index is 1130. The van der Waals surface area contributed by atoms with E-state index in [1.54, 1.807) is 55.6 Å². The van der Waals surface area contributed by atoms with Crippen molar-refractivity contribution in [2.75, 3.05) is 12.0 Å². The van der Waals surface area contributed by atoms with E-state index in [1.165, 1.54) is 16.2 Å². The highest BCUT2D eigenvalue weighted by molar-refractivity contribution is 7.16. The first kappa shape index (κ1) is 19.8. The number of aliphatic hydroxyl groups excluding tert-OH is 1. The van der Waals surface area contributed by atoms with E-state index in [1.807, 2.05) is 19.9 Å². The third-order valence-corrected chi connectivity index (χ3v) is 6.22. The van der Waals surface area contributed by atoms with Crippen LogP contribution in [0.3, 0.4) is 0 Å². The standard InChI is InChI=1S/C23H20N2O4S/c1-13-14(2)30-23(24-13)25-19(15-9-11-17(29-3)12-10-15)18(21(27)22(25)28)20(26)16-7-5-4-6-8-16/h4-12,19,26H,1-3H3/b20-18+/t19-/m1/s1. The minimum Gasteiger partial charge on any atom is -0.507 e. The Labute approximate surface area is 178 Å². The molecule has 1 aromatic heterocycles. The number of aromatic nitrogens is 1. The number of ether oxygens (including phenoxy) is 1. The molecule has 4 rings (SSSR count). The lowest BCUT2D eigenvalue weighted by atomic mass is 9.95. The van der Waals surface area contributed by atoms with Gasteiger partial charge in [-0.3, -0.25) is 14.5 Å². The van der Waals surface area contributed by atoms with Gasteiger partial charge in [-0.1, -0.05) is 42.5 Å². The zero-order valence-electron chi connectivity index (χ0n) is 16.7. The highest BCUT2D eigenvalue weighted by Crippen LogP contribution is 2.43. The fourth-order valence-electron chi connectivity index (χ4n) is 3.44. The van der Waals surface area contributed by atoms with E-state index < -0.39 is 17.7 Å². The molecule has 152 valence electrons. The monoisotopic (exact) mass is 420 g/mol. The number of thiazole rings is 1. The van der Waals surface area contributed by atoms with Crippen molar-refractivity contribution in [2.45, 2.75) is 19.9 Å². The average molecular weight is 420 g/mol. The van der Waals surface area contributed by atoms with Crippen molar-refractivity contribution in [3.8, 4) is 5.75 Å². The number of amides is 1. The van der Waals surface area contributed by atoms with Crippen LogP contribution in [0.1, 0.15) is 27.7 Å². The van der Waals surface area contributed by atoms with Gasteiger partial charge >= 0.3 is 5.91 Å². The van der Waals surface area contributed by atoms with Gasteiger partial charge in [-0.05, 0) is 31.5 Å². The number of nitrogens with zero attached hydrogens (tertiary/aromatic N) is 2. The van der Waals surface area contributed by atoms with Gasteiger partial charge in [0.25, 0.3) is 5.78 Å². The lowest BCUT2D eigenvalue weighted by Gasteiger charge is -2.23. The van der Waals surface area contributed by atoms with E-state index in [-0.39, 0.29) is 11.3 Å². The molecule has 1 amide bonds. The highest BCUT2D eigenvalue weighted by atomic mass is 32.1. The quantitative estimate of drug-likeness (QED) is 0.385. The second-order valence-corrected chi connectivity index (χ2v) is 8.13. The molecule has 0 aliphatic carbocycles. The number of methoxy groups -OCH3 is 1. The van der Waals surface area contributed by atoms with Crippen molar-refractivity contribution in [2.24, 2.45) is 0 Å². The Morgan fingerprint density at radius 1 is 1.07 bits per heavy atom. The van der Waals surface area contributed by atoms with Gasteiger partial charge in [0.2, 0.25) is 0 Å². The molecule has 6 nitrogen and oxygen atoms in total. The lowest BCUT2D eigenvalue weighted by Crippen LogP contribution is -2.29. The number of Topliss-reactive ketones (excluding diaryl/α,β-unsaturated/α-hetero) is 1. The van der Waals surface area contributed by atoms with E-state index >= 15 is 0 Å². The SMILES string of the molecule is COc1ccc([C@@H]2/C(=C(\O)c3ccccc3)C(=O)C(=O)N2c2nc(C)c(C)s2)cc1. The number of hydrogen-bond donors (Lipinski definition) is 1. The molecular formula is C23H20N2O4S. The van der Waals surface area contributed by atoms with E-state index in [0.717, 1.165) is 10.6 Å². The first-order valence-electron chi connectivity index (χ1n) is 9.36. The molecule has 0 spiro atoms. The molecule has 2 heterocycles. The van der Waals surface area contributed by atoms with Gasteiger partial charge < -0.3 is 9.84 Å². The summed E-state index contributed by atoms with van der Waals surface area (Å²) in [6.45, 7) is 3.78. The third kappa shape index (κ3) is 3.27. The third-order valence-electron chi connectivity index (χ3n) is 5.15. The largest absolute Gasteiger partial charge is 0.507 e. The van der Waals surface area contributed by atoms with Gasteiger partial charge in [0, 0.05) is 10.4 Å². The maximum atomic E-state index is 13.1. The summed E-state index contributed by atoms with van der Waals surface area (Å²) in [6, 6.07) is 15.0. The number of rotatable bonds is 4. The molecule has 0 unspecified atom stereocenters. The van der Waals surface area contributed by atoms with Gasteiger partial charge in [0.1, 0.15) is 11.5 Å². The summed E-state index contributed by atoms with van der Waals surface area (Å²) in [5.41, 5.74) is 1.99. The van der Waals surface area contributed by atoms with Crippen molar-refractivity contribution in [1.29, 1.82) is 0 Å². The van der Waals surface area contributed by atoms with E-state index in [9.17, 15) is 14.7 Å². The Morgan fingerprint density at radius 2 is 1.73 bits per heavy atom. The summed E-state index contributed by atoms with van der Waals surface area (Å²) in [5.74, 6) is -0.994. The summed E-state index contributed by atoms with van der Waals surface area (Å²) < 4.78 is 5.23. The maximum Gasteiger partial charge on any atom is 0.301 e. The second-order valence-electron chi connectivity index (χ2n) is 6.95. The van der Waals surface area contributed by atoms with Gasteiger partial charge in [-0.2, -0.15) is 0 Å². The fraction of sp³-hybridized carbons (Fsp3) is 0.174. The first-order chi connectivity index (χ1) is 14.4. The van der Waals surface area contributed by atoms with Crippen LogP contribution in [-0.2, 0) is 9.59 Å². The molecule has 2 aromatic carbocycles. The molecule has 1 saturated heterocycles. The van der Waals surface area contributed by atoms with Crippen molar-refractivity contribution < 1.29 is 19.4 Å². The molecule has 3 aromatic rings. The van der Waals surface area contributed by atoms with Crippen molar-refractivity contribution in [3.05, 3.63) is 81.9 Å². The molecule has 1 atom stereocenters. The van der Waals surface area contributed by atoms with Gasteiger partial charge in [-0.25, -0.2) is 4.98 Å². The second kappa shape index (κ2) is 7.76. The molecule has 0 saturated carbocycles. The van der Waals surface area contributed by atoms with Crippen LogP contribution in [0.25, 0.3) is 5.76 Å². The Balaban J connectivity index is 1.94. The average Bonchev–Trinajstić information content (AvgIpc) is 3.23. The molecule has 30 heavy (non-hydrogen) atoms. The molecule has 0 radical (unpaired) electrons. The molecule has 7 heteroatoms. The number of carbonyl (C=O) groups excluding carboxylic acids is 2. The fourth-order valence-corrected chi connectivity index (χ4v) is 4.38. The van der Waals surface area contributed by atoms with E-state index in [2.05, 4.69) is 4.98 Å². The zero-order valence-corrected chi connectivity index (χ0v) is 17.6. The van der Waals surface area contributed by atoms with Gasteiger partial charge in [0.05, 0.1) is 24.4 Å². The predicted octanol–water partition coefficient (Wildman–Crippen LogP) is 4.39. The molecule has 1 aliphatic heterocycles. The van der Waals surface area contributed by atoms with Crippen LogP contribution in [0, 0.1) is 13.8 Å². The van der Waals surface area contributed by atoms with Crippen LogP contribution in [0.15, 0.2) is 60.2 Å². The van der Waals surface area contributed by atoms with Crippen LogP contribution in [-0.4, -0.2) is 28.9 Å². The Kier molecular flexibility index (Phi) is 5.13. The summed E-state index contributed by atoms with van der Waals surface area (Å²) in [7, 11) is 1.57. The maximum absolute atomic E-state index is 13.1. The minimum atomic E-state index is -0.791. The predicted molar refractivity (Wildman–Crippen MR) is 116 cm³/mol. The van der Waals surface area contributed by atoms with Crippen LogP contribution in [0.5, 0.6) is 5.75 Å². The molecule has 1 N–H and O–H groups in total. The highest BCUT2D eigenvalue weighted by Gasteiger charge is 2.48. The number of ketones is 1. The molecule has 1 aliphatic rings. The van der Waals surface area contributed by atoms with Crippen LogP contribution >= 0.6 is 11.3 Å². The van der Waals surface area contributed by atoms with E-state index in [0.29, 0.717) is 22.0 Å². The van der Waals surface area contributed by atoms with Crippen LogP contribution in [0.4, 0.5) is 5.13 Å². The Morgan fingerprint density at radius 3 is 2.30 bits per heavy atom. The van der Waals surface area contributed by atoms with Gasteiger partial charge in [0.15, 0.2) is 5.13 Å². The summed E-state index contributed by atoms with van der Waals surface area (Å²) in [5, 5.41) is 11.4. The topological polar surface area (TPSA) is 79.7 Å². The minimum absolute atomic E-state index is 0.0434. The smallest absolute Gasteiger partial charge is 0.301 e. The van der Waals surface area contributed by atoms with Crippen molar-refractivity contribution in [3.63, 3.8) is 0 Å². The van der Waals surface area contributed by atoms with Crippen LogP contribution in [0.2, 0.25) is 0 Å². The van der Waals surface area contributed by atoms with Crippen molar-refractivity contribution >= 4 is 33.9 Å². The molecular weight excluding hydrogens is 400 g/mol. The number of anilines is 1.